The van der Waals surface area contributed by atoms with Gasteiger partial charge in [0.1, 0.15) is 12.6 Å². The van der Waals surface area contributed by atoms with E-state index in [1.165, 1.54) is 11.0 Å². The Morgan fingerprint density at radius 3 is 2.26 bits per heavy atom. The molecule has 10 nitrogen and oxygen atoms in total. The molecule has 2 aromatic carbocycles. The molecule has 0 spiro atoms. The van der Waals surface area contributed by atoms with Crippen LogP contribution in [0.25, 0.3) is 11.1 Å². The molecule has 43 heavy (non-hydrogen) atoms. The molecule has 4 amide bonds. The van der Waals surface area contributed by atoms with Crippen LogP contribution < -0.4 is 16.0 Å². The largest absolute Gasteiger partial charge is 0.436 e. The number of nitrogens with zero attached hydrogens (tertiary/aromatic N) is 1. The summed E-state index contributed by atoms with van der Waals surface area (Å²) in [5.41, 5.74) is 3.59. The van der Waals surface area contributed by atoms with Gasteiger partial charge in [0.15, 0.2) is 6.10 Å². The molecular formula is C33H38N4O6. The van der Waals surface area contributed by atoms with Crippen LogP contribution in [0.15, 0.2) is 61.2 Å². The standard InChI is InChI=1S/C33H38N4O6/c1-5-11-24(28(39)31(41)34-16-6-2)36-30(40)27-26-23(33(26,3)4)18-37(27)25(38)17-35-32(42)43-29-21-14-9-7-12-19(21)20-13-8-10-15-22(20)29/h6-10,12-15,23-24,26-27,29H,2,5,11,16-18H2,1,3-4H3,(H,34,41)(H,35,42)(H,36,40). The fraction of sp³-hybridized carbons (Fsp3) is 0.424. The van der Waals surface area contributed by atoms with Gasteiger partial charge in [0.2, 0.25) is 17.6 Å². The van der Waals surface area contributed by atoms with Crippen molar-refractivity contribution in [2.75, 3.05) is 19.6 Å². The van der Waals surface area contributed by atoms with Crippen LogP contribution in [0, 0.1) is 17.3 Å². The van der Waals surface area contributed by atoms with Crippen molar-refractivity contribution < 1.29 is 28.7 Å². The summed E-state index contributed by atoms with van der Waals surface area (Å²) in [6.07, 6.45) is 0.974. The highest BCUT2D eigenvalue weighted by Gasteiger charge is 2.69. The number of carbonyl (C=O) groups is 5. The minimum Gasteiger partial charge on any atom is -0.436 e. The number of ketones is 1. The highest BCUT2D eigenvalue weighted by atomic mass is 16.6. The summed E-state index contributed by atoms with van der Waals surface area (Å²) < 4.78 is 5.79. The number of rotatable bonds is 11. The summed E-state index contributed by atoms with van der Waals surface area (Å²) in [7, 11) is 0. The van der Waals surface area contributed by atoms with Gasteiger partial charge in [-0.15, -0.1) is 6.58 Å². The van der Waals surface area contributed by atoms with E-state index in [1.54, 1.807) is 0 Å². The van der Waals surface area contributed by atoms with E-state index in [4.69, 9.17) is 4.74 Å². The smallest absolute Gasteiger partial charge is 0.408 e. The quantitative estimate of drug-likeness (QED) is 0.274. The number of hydrogen-bond donors (Lipinski definition) is 3. The Morgan fingerprint density at radius 1 is 1.02 bits per heavy atom. The number of nitrogens with one attached hydrogen (secondary N) is 3. The number of likely N-dealkylation sites (tertiary alicyclic amines) is 1. The van der Waals surface area contributed by atoms with Crippen molar-refractivity contribution in [2.45, 2.75) is 51.8 Å². The Hall–Kier alpha value is -4.47. The molecule has 1 saturated heterocycles. The first kappa shape index (κ1) is 30.0. The predicted molar refractivity (Wildman–Crippen MR) is 160 cm³/mol. The Balaban J connectivity index is 1.23. The van der Waals surface area contributed by atoms with Crippen LogP contribution in [0.3, 0.4) is 0 Å². The topological polar surface area (TPSA) is 134 Å². The number of carbonyl (C=O) groups excluding carboxylic acids is 5. The number of piperidine rings is 1. The van der Waals surface area contributed by atoms with E-state index in [1.807, 2.05) is 55.5 Å². The van der Waals surface area contributed by atoms with E-state index in [9.17, 15) is 24.0 Å². The normalized spacial score (nSPS) is 21.5. The van der Waals surface area contributed by atoms with Gasteiger partial charge >= 0.3 is 6.09 Å². The van der Waals surface area contributed by atoms with Gasteiger partial charge in [-0.1, -0.05) is 81.8 Å². The molecule has 1 heterocycles. The SMILES string of the molecule is C=CCNC(=O)C(=O)C(CCC)NC(=O)C1C2C(CN1C(=O)CNC(=O)OC1c3ccccc3-c3ccccc31)C2(C)C. The first-order valence-corrected chi connectivity index (χ1v) is 14.8. The Labute approximate surface area is 251 Å². The third kappa shape index (κ3) is 5.66. The summed E-state index contributed by atoms with van der Waals surface area (Å²) in [5, 5.41) is 7.78. The molecule has 3 aliphatic rings. The Kier molecular flexibility index (Phi) is 8.39. The Morgan fingerprint density at radius 2 is 1.65 bits per heavy atom. The molecule has 10 heteroatoms. The molecule has 1 saturated carbocycles. The second-order valence-electron chi connectivity index (χ2n) is 12.0. The minimum atomic E-state index is -1.01. The van der Waals surface area contributed by atoms with Crippen molar-refractivity contribution in [1.82, 2.24) is 20.9 Å². The number of amides is 4. The average molecular weight is 587 g/mol. The number of alkyl carbamates (subject to hydrolysis) is 1. The van der Waals surface area contributed by atoms with E-state index in [2.05, 4.69) is 36.4 Å². The van der Waals surface area contributed by atoms with Gasteiger partial charge in [-0.3, -0.25) is 19.2 Å². The zero-order valence-electron chi connectivity index (χ0n) is 24.7. The van der Waals surface area contributed by atoms with Crippen molar-refractivity contribution >= 4 is 29.6 Å². The Bertz CT molecular complexity index is 1420. The third-order valence-corrected chi connectivity index (χ3v) is 9.02. The molecule has 3 N–H and O–H groups in total. The van der Waals surface area contributed by atoms with Crippen molar-refractivity contribution in [3.63, 3.8) is 0 Å². The summed E-state index contributed by atoms with van der Waals surface area (Å²) in [6, 6.07) is 13.6. The average Bonchev–Trinajstić information content (AvgIpc) is 3.30. The van der Waals surface area contributed by atoms with Crippen molar-refractivity contribution in [3.05, 3.63) is 72.3 Å². The van der Waals surface area contributed by atoms with Crippen LogP contribution in [-0.2, 0) is 23.9 Å². The summed E-state index contributed by atoms with van der Waals surface area (Å²) >= 11 is 0. The van der Waals surface area contributed by atoms with Gasteiger partial charge in [0.05, 0.1) is 6.04 Å². The van der Waals surface area contributed by atoms with E-state index in [-0.39, 0.29) is 36.8 Å². The van der Waals surface area contributed by atoms with Crippen molar-refractivity contribution in [1.29, 1.82) is 0 Å². The fourth-order valence-corrected chi connectivity index (χ4v) is 6.70. The number of hydrogen-bond acceptors (Lipinski definition) is 6. The summed E-state index contributed by atoms with van der Waals surface area (Å²) in [6.45, 7) is 9.63. The van der Waals surface area contributed by atoms with Gasteiger partial charge in [-0.2, -0.15) is 0 Å². The maximum absolute atomic E-state index is 13.6. The van der Waals surface area contributed by atoms with Crippen LogP contribution in [0.2, 0.25) is 0 Å². The molecule has 0 bridgehead atoms. The predicted octanol–water partition coefficient (Wildman–Crippen LogP) is 3.12. The molecule has 5 rings (SSSR count). The van der Waals surface area contributed by atoms with Crippen LogP contribution in [-0.4, -0.2) is 66.2 Å². The molecule has 4 atom stereocenters. The van der Waals surface area contributed by atoms with Crippen molar-refractivity contribution in [3.8, 4) is 11.1 Å². The van der Waals surface area contributed by atoms with Crippen LogP contribution in [0.4, 0.5) is 4.79 Å². The molecule has 2 fully saturated rings. The number of Topliss-reactive ketones (excluding diaryl/α,β-unsaturated/α-hetero) is 1. The maximum atomic E-state index is 13.6. The molecule has 226 valence electrons. The van der Waals surface area contributed by atoms with Crippen LogP contribution in [0.5, 0.6) is 0 Å². The fourth-order valence-electron chi connectivity index (χ4n) is 6.70. The van der Waals surface area contributed by atoms with E-state index < -0.39 is 47.8 Å². The number of benzene rings is 2. The number of fused-ring (bicyclic) bond motifs is 4. The molecule has 1 aliphatic heterocycles. The second-order valence-corrected chi connectivity index (χ2v) is 12.0. The highest BCUT2D eigenvalue weighted by molar-refractivity contribution is 6.38. The van der Waals surface area contributed by atoms with E-state index >= 15 is 0 Å². The zero-order valence-corrected chi connectivity index (χ0v) is 24.7. The first-order chi connectivity index (χ1) is 20.6. The summed E-state index contributed by atoms with van der Waals surface area (Å²) in [5.74, 6) is -2.41. The van der Waals surface area contributed by atoms with Crippen LogP contribution >= 0.6 is 0 Å². The monoisotopic (exact) mass is 586 g/mol. The van der Waals surface area contributed by atoms with E-state index in [0.717, 1.165) is 22.3 Å². The summed E-state index contributed by atoms with van der Waals surface area (Å²) in [4.78, 5) is 66.4. The van der Waals surface area contributed by atoms with Gasteiger partial charge in [0.25, 0.3) is 5.91 Å². The number of ether oxygens (including phenoxy) is 1. The third-order valence-electron chi connectivity index (χ3n) is 9.02. The van der Waals surface area contributed by atoms with Gasteiger partial charge in [-0.05, 0) is 34.8 Å². The molecule has 2 aromatic rings. The lowest BCUT2D eigenvalue weighted by Gasteiger charge is -2.31. The molecule has 4 unspecified atom stereocenters. The van der Waals surface area contributed by atoms with Gasteiger partial charge in [0, 0.05) is 24.2 Å². The highest BCUT2D eigenvalue weighted by Crippen LogP contribution is 2.64. The molecule has 2 aliphatic carbocycles. The lowest BCUT2D eigenvalue weighted by Crippen LogP contribution is -2.56. The maximum Gasteiger partial charge on any atom is 0.408 e. The van der Waals surface area contributed by atoms with Gasteiger partial charge < -0.3 is 25.6 Å². The van der Waals surface area contributed by atoms with Crippen molar-refractivity contribution in [2.24, 2.45) is 17.3 Å². The molecule has 0 radical (unpaired) electrons. The molecule has 0 aromatic heterocycles. The second kappa shape index (κ2) is 12.0. The van der Waals surface area contributed by atoms with Crippen LogP contribution in [0.1, 0.15) is 50.8 Å². The van der Waals surface area contributed by atoms with Gasteiger partial charge in [-0.25, -0.2) is 4.79 Å². The molecular weight excluding hydrogens is 548 g/mol. The lowest BCUT2D eigenvalue weighted by atomic mass is 9.99. The first-order valence-electron chi connectivity index (χ1n) is 14.8. The minimum absolute atomic E-state index is 0.0955. The zero-order chi connectivity index (χ0) is 30.9. The lowest BCUT2D eigenvalue weighted by molar-refractivity contribution is -0.143. The van der Waals surface area contributed by atoms with E-state index in [0.29, 0.717) is 13.0 Å².